The SMILES string of the molecule is O=C(O)CN(Cc1cc(Cl)ccc1Br)CC1CC1. The van der Waals surface area contributed by atoms with Crippen LogP contribution in [0.2, 0.25) is 5.02 Å². The second-order valence-corrected chi connectivity index (χ2v) is 6.03. The van der Waals surface area contributed by atoms with E-state index >= 15 is 0 Å². The van der Waals surface area contributed by atoms with Crippen LogP contribution >= 0.6 is 27.5 Å². The number of hydrogen-bond acceptors (Lipinski definition) is 2. The number of aliphatic carboxylic acids is 1. The third-order valence-electron chi connectivity index (χ3n) is 2.97. The predicted octanol–water partition coefficient (Wildman–Crippen LogP) is 3.40. The van der Waals surface area contributed by atoms with Crippen LogP contribution in [0.1, 0.15) is 18.4 Å². The molecule has 5 heteroatoms. The van der Waals surface area contributed by atoms with Gasteiger partial charge in [-0.2, -0.15) is 0 Å². The Hall–Kier alpha value is -0.580. The van der Waals surface area contributed by atoms with E-state index in [-0.39, 0.29) is 6.54 Å². The fourth-order valence-corrected chi connectivity index (χ4v) is 2.51. The first-order chi connectivity index (χ1) is 8.54. The zero-order valence-electron chi connectivity index (χ0n) is 9.90. The van der Waals surface area contributed by atoms with Gasteiger partial charge >= 0.3 is 5.97 Å². The van der Waals surface area contributed by atoms with Gasteiger partial charge in [0.25, 0.3) is 0 Å². The summed E-state index contributed by atoms with van der Waals surface area (Å²) in [5, 5.41) is 9.62. The monoisotopic (exact) mass is 331 g/mol. The Bertz CT molecular complexity index is 449. The lowest BCUT2D eigenvalue weighted by Crippen LogP contribution is -2.31. The molecule has 1 saturated carbocycles. The van der Waals surface area contributed by atoms with E-state index in [1.807, 2.05) is 23.1 Å². The van der Waals surface area contributed by atoms with Gasteiger partial charge in [-0.3, -0.25) is 9.69 Å². The number of halogens is 2. The van der Waals surface area contributed by atoms with Crippen molar-refractivity contribution >= 4 is 33.5 Å². The minimum Gasteiger partial charge on any atom is -0.480 e. The largest absolute Gasteiger partial charge is 0.480 e. The van der Waals surface area contributed by atoms with Crippen LogP contribution in [0, 0.1) is 5.92 Å². The molecular weight excluding hydrogens is 318 g/mol. The number of rotatable bonds is 6. The summed E-state index contributed by atoms with van der Waals surface area (Å²) in [5.41, 5.74) is 1.03. The van der Waals surface area contributed by atoms with Crippen molar-refractivity contribution in [1.29, 1.82) is 0 Å². The summed E-state index contributed by atoms with van der Waals surface area (Å²) in [7, 11) is 0. The zero-order chi connectivity index (χ0) is 13.1. The zero-order valence-corrected chi connectivity index (χ0v) is 12.2. The van der Waals surface area contributed by atoms with E-state index in [1.165, 1.54) is 12.8 Å². The quantitative estimate of drug-likeness (QED) is 0.868. The van der Waals surface area contributed by atoms with Crippen LogP contribution in [0.5, 0.6) is 0 Å². The van der Waals surface area contributed by atoms with Crippen LogP contribution in [0.25, 0.3) is 0 Å². The van der Waals surface area contributed by atoms with Crippen molar-refractivity contribution in [1.82, 2.24) is 4.90 Å². The predicted molar refractivity (Wildman–Crippen MR) is 74.8 cm³/mol. The molecule has 1 aliphatic carbocycles. The number of nitrogens with zero attached hydrogens (tertiary/aromatic N) is 1. The summed E-state index contributed by atoms with van der Waals surface area (Å²) >= 11 is 9.44. The summed E-state index contributed by atoms with van der Waals surface area (Å²) < 4.78 is 0.970. The molecule has 0 aromatic heterocycles. The van der Waals surface area contributed by atoms with Crippen molar-refractivity contribution in [3.8, 4) is 0 Å². The Labute approximate surface area is 120 Å². The Morgan fingerprint density at radius 1 is 1.50 bits per heavy atom. The van der Waals surface area contributed by atoms with Crippen molar-refractivity contribution in [2.75, 3.05) is 13.1 Å². The maximum absolute atomic E-state index is 10.9. The average Bonchev–Trinajstić information content (AvgIpc) is 3.06. The lowest BCUT2D eigenvalue weighted by atomic mass is 10.2. The van der Waals surface area contributed by atoms with E-state index < -0.39 is 5.97 Å². The second kappa shape index (κ2) is 6.04. The van der Waals surface area contributed by atoms with Gasteiger partial charge < -0.3 is 5.11 Å². The fourth-order valence-electron chi connectivity index (χ4n) is 1.95. The first-order valence-corrected chi connectivity index (χ1v) is 7.10. The van der Waals surface area contributed by atoms with Crippen LogP contribution in [0.4, 0.5) is 0 Å². The van der Waals surface area contributed by atoms with Gasteiger partial charge in [0.2, 0.25) is 0 Å². The number of hydrogen-bond donors (Lipinski definition) is 1. The van der Waals surface area contributed by atoms with Gasteiger partial charge in [0, 0.05) is 22.6 Å². The van der Waals surface area contributed by atoms with Gasteiger partial charge in [0.15, 0.2) is 0 Å². The minimum absolute atomic E-state index is 0.0788. The Morgan fingerprint density at radius 3 is 2.83 bits per heavy atom. The molecule has 2 rings (SSSR count). The minimum atomic E-state index is -0.784. The summed E-state index contributed by atoms with van der Waals surface area (Å²) in [6.45, 7) is 1.55. The van der Waals surface area contributed by atoms with Gasteiger partial charge in [-0.1, -0.05) is 27.5 Å². The van der Waals surface area contributed by atoms with Crippen molar-refractivity contribution in [2.45, 2.75) is 19.4 Å². The molecule has 18 heavy (non-hydrogen) atoms. The molecule has 0 radical (unpaired) electrons. The third-order valence-corrected chi connectivity index (χ3v) is 3.98. The maximum Gasteiger partial charge on any atom is 0.317 e. The van der Waals surface area contributed by atoms with Crippen molar-refractivity contribution in [2.24, 2.45) is 5.92 Å². The normalized spacial score (nSPS) is 15.1. The lowest BCUT2D eigenvalue weighted by Gasteiger charge is -2.20. The third kappa shape index (κ3) is 4.26. The number of carbonyl (C=O) groups is 1. The molecule has 0 saturated heterocycles. The molecule has 1 aromatic rings. The molecule has 1 fully saturated rings. The summed E-state index contributed by atoms with van der Waals surface area (Å²) in [5.74, 6) is -0.115. The molecule has 0 amide bonds. The van der Waals surface area contributed by atoms with Gasteiger partial charge in [-0.25, -0.2) is 0 Å². The molecule has 0 unspecified atom stereocenters. The van der Waals surface area contributed by atoms with E-state index in [0.717, 1.165) is 16.6 Å². The van der Waals surface area contributed by atoms with Gasteiger partial charge in [0.1, 0.15) is 0 Å². The first kappa shape index (κ1) is 13.8. The number of benzene rings is 1. The average molecular weight is 333 g/mol. The molecule has 1 aliphatic rings. The Morgan fingerprint density at radius 2 is 2.22 bits per heavy atom. The molecule has 0 bridgehead atoms. The van der Waals surface area contributed by atoms with Gasteiger partial charge in [-0.15, -0.1) is 0 Å². The van der Waals surface area contributed by atoms with Crippen LogP contribution in [0.15, 0.2) is 22.7 Å². The highest BCUT2D eigenvalue weighted by molar-refractivity contribution is 9.10. The highest BCUT2D eigenvalue weighted by Gasteiger charge is 2.25. The van der Waals surface area contributed by atoms with Crippen LogP contribution in [0.3, 0.4) is 0 Å². The number of carboxylic acid groups (broad SMARTS) is 1. The van der Waals surface area contributed by atoms with Crippen molar-refractivity contribution < 1.29 is 9.90 Å². The standard InChI is InChI=1S/C13H15BrClNO2/c14-12-4-3-11(15)5-10(12)7-16(8-13(17)18)6-9-1-2-9/h3-5,9H,1-2,6-8H2,(H,17,18). The van der Waals surface area contributed by atoms with E-state index in [4.69, 9.17) is 16.7 Å². The first-order valence-electron chi connectivity index (χ1n) is 5.92. The molecular formula is C13H15BrClNO2. The fraction of sp³-hybridized carbons (Fsp3) is 0.462. The smallest absolute Gasteiger partial charge is 0.317 e. The molecule has 98 valence electrons. The Balaban J connectivity index is 2.05. The molecule has 0 heterocycles. The summed E-state index contributed by atoms with van der Waals surface area (Å²) in [4.78, 5) is 12.8. The Kier molecular flexibility index (Phi) is 4.65. The van der Waals surface area contributed by atoms with Crippen LogP contribution < -0.4 is 0 Å². The van der Waals surface area contributed by atoms with Gasteiger partial charge in [0.05, 0.1) is 6.54 Å². The van der Waals surface area contributed by atoms with Crippen LogP contribution in [-0.4, -0.2) is 29.1 Å². The highest BCUT2D eigenvalue weighted by Crippen LogP contribution is 2.31. The molecule has 1 N–H and O–H groups in total. The summed E-state index contributed by atoms with van der Waals surface area (Å²) in [6.07, 6.45) is 2.43. The lowest BCUT2D eigenvalue weighted by molar-refractivity contribution is -0.138. The molecule has 0 atom stereocenters. The van der Waals surface area contributed by atoms with E-state index in [1.54, 1.807) is 0 Å². The van der Waals surface area contributed by atoms with E-state index in [0.29, 0.717) is 17.5 Å². The van der Waals surface area contributed by atoms with Crippen molar-refractivity contribution in [3.05, 3.63) is 33.3 Å². The topological polar surface area (TPSA) is 40.5 Å². The molecule has 0 aliphatic heterocycles. The van der Waals surface area contributed by atoms with E-state index in [9.17, 15) is 4.79 Å². The summed E-state index contributed by atoms with van der Waals surface area (Å²) in [6, 6.07) is 5.60. The molecule has 1 aromatic carbocycles. The second-order valence-electron chi connectivity index (χ2n) is 4.74. The molecule has 0 spiro atoms. The van der Waals surface area contributed by atoms with Crippen LogP contribution in [-0.2, 0) is 11.3 Å². The number of carboxylic acids is 1. The van der Waals surface area contributed by atoms with E-state index in [2.05, 4.69) is 15.9 Å². The maximum atomic E-state index is 10.9. The highest BCUT2D eigenvalue weighted by atomic mass is 79.9. The van der Waals surface area contributed by atoms with Crippen molar-refractivity contribution in [3.63, 3.8) is 0 Å². The van der Waals surface area contributed by atoms with Gasteiger partial charge in [-0.05, 0) is 42.5 Å². The molecule has 3 nitrogen and oxygen atoms in total.